The van der Waals surface area contributed by atoms with Gasteiger partial charge in [-0.15, -0.1) is 11.3 Å². The van der Waals surface area contributed by atoms with E-state index in [4.69, 9.17) is 0 Å². The maximum Gasteiger partial charge on any atom is 0.357 e. The number of nitrogens with one attached hydrogen (secondary N) is 2. The zero-order valence-corrected chi connectivity index (χ0v) is 20.7. The van der Waals surface area contributed by atoms with Gasteiger partial charge in [0.05, 0.1) is 7.11 Å². The van der Waals surface area contributed by atoms with Crippen molar-refractivity contribution in [1.29, 1.82) is 0 Å². The monoisotopic (exact) mass is 507 g/mol. The first-order valence-corrected chi connectivity index (χ1v) is 12.0. The van der Waals surface area contributed by atoms with Crippen molar-refractivity contribution < 1.29 is 23.9 Å². The second kappa shape index (κ2) is 10.6. The molecule has 4 rings (SSSR count). The van der Waals surface area contributed by atoms with Crippen molar-refractivity contribution in [2.75, 3.05) is 31.4 Å². The zero-order chi connectivity index (χ0) is 25.8. The number of amides is 4. The van der Waals surface area contributed by atoms with Gasteiger partial charge in [-0.2, -0.15) is 0 Å². The molecule has 0 aliphatic carbocycles. The number of carbonyl (C=O) groups is 4. The van der Waals surface area contributed by atoms with Crippen LogP contribution in [0.5, 0.6) is 0 Å². The summed E-state index contributed by atoms with van der Waals surface area (Å²) < 4.78 is 4.65. The van der Waals surface area contributed by atoms with Crippen LogP contribution in [0.2, 0.25) is 0 Å². The second-order valence-corrected chi connectivity index (χ2v) is 9.16. The summed E-state index contributed by atoms with van der Waals surface area (Å²) in [5, 5.41) is 6.94. The minimum atomic E-state index is -1.14. The van der Waals surface area contributed by atoms with E-state index in [0.29, 0.717) is 5.56 Å². The van der Waals surface area contributed by atoms with Crippen LogP contribution in [0.25, 0.3) is 0 Å². The van der Waals surface area contributed by atoms with Gasteiger partial charge >= 0.3 is 12.0 Å². The fourth-order valence-corrected chi connectivity index (χ4v) is 4.52. The predicted molar refractivity (Wildman–Crippen MR) is 135 cm³/mol. The van der Waals surface area contributed by atoms with Crippen LogP contribution in [0, 0.1) is 0 Å². The van der Waals surface area contributed by atoms with Crippen LogP contribution < -0.4 is 15.5 Å². The Morgan fingerprint density at radius 3 is 2.47 bits per heavy atom. The molecule has 10 nitrogen and oxygen atoms in total. The van der Waals surface area contributed by atoms with E-state index in [0.717, 1.165) is 27.5 Å². The van der Waals surface area contributed by atoms with E-state index in [1.807, 2.05) is 61.5 Å². The minimum absolute atomic E-state index is 0.0497. The van der Waals surface area contributed by atoms with E-state index >= 15 is 0 Å². The molecule has 1 saturated heterocycles. The van der Waals surface area contributed by atoms with E-state index in [-0.39, 0.29) is 17.2 Å². The Kier molecular flexibility index (Phi) is 7.30. The topological polar surface area (TPSA) is 121 Å². The number of hydrogen-bond acceptors (Lipinski definition) is 8. The number of ether oxygens (including phenoxy) is 1. The Balaban J connectivity index is 1.60. The molecule has 0 radical (unpaired) electrons. The number of rotatable bonds is 8. The fourth-order valence-electron chi connectivity index (χ4n) is 3.84. The second-order valence-electron chi connectivity index (χ2n) is 8.30. The Morgan fingerprint density at radius 1 is 1.14 bits per heavy atom. The minimum Gasteiger partial charge on any atom is -0.464 e. The average molecular weight is 508 g/mol. The summed E-state index contributed by atoms with van der Waals surface area (Å²) >= 11 is 1.04. The Morgan fingerprint density at radius 2 is 1.83 bits per heavy atom. The van der Waals surface area contributed by atoms with Gasteiger partial charge in [0.25, 0.3) is 5.91 Å². The van der Waals surface area contributed by atoms with E-state index in [1.165, 1.54) is 12.5 Å². The summed E-state index contributed by atoms with van der Waals surface area (Å²) in [5.41, 5.74) is 2.38. The maximum atomic E-state index is 13.4. The third-order valence-corrected chi connectivity index (χ3v) is 6.49. The molecule has 2 N–H and O–H groups in total. The van der Waals surface area contributed by atoms with Crippen molar-refractivity contribution in [3.8, 4) is 0 Å². The maximum absolute atomic E-state index is 13.4. The van der Waals surface area contributed by atoms with Crippen LogP contribution in [0.3, 0.4) is 0 Å². The smallest absolute Gasteiger partial charge is 0.357 e. The number of benzene rings is 2. The Bertz CT molecular complexity index is 1280. The standard InChI is InChI=1S/C25H25N5O5S/c1-29(2)17-11-9-16(10-12-17)20-22(32)30(25(34)27-20)19(13-15-7-5-4-6-8-15)21(31)28-24-26-18(14-36-24)23(33)35-3/h4-12,14,19-20H,13H2,1-3H3,(H,27,34)(H,26,28,31)/t19-,20?/m0/s1. The molecule has 4 amide bonds. The van der Waals surface area contributed by atoms with Gasteiger partial charge in [-0.05, 0) is 23.3 Å². The lowest BCUT2D eigenvalue weighted by atomic mass is 10.0. The SMILES string of the molecule is COC(=O)c1csc(NC(=O)[C@H](Cc2ccccc2)N2C(=O)NC(c3ccc(N(C)C)cc3)C2=O)n1. The molecule has 0 bridgehead atoms. The van der Waals surface area contributed by atoms with Crippen LogP contribution in [-0.4, -0.2) is 60.9 Å². The van der Waals surface area contributed by atoms with Crippen LogP contribution in [0.4, 0.5) is 15.6 Å². The molecule has 1 aliphatic heterocycles. The summed E-state index contributed by atoms with van der Waals surface area (Å²) in [6.45, 7) is 0. The van der Waals surface area contributed by atoms with Gasteiger partial charge in [-0.25, -0.2) is 19.5 Å². The highest BCUT2D eigenvalue weighted by molar-refractivity contribution is 7.14. The molecule has 11 heteroatoms. The van der Waals surface area contributed by atoms with Crippen molar-refractivity contribution in [3.63, 3.8) is 0 Å². The number of thiazole rings is 1. The van der Waals surface area contributed by atoms with Gasteiger partial charge in [0.15, 0.2) is 10.8 Å². The predicted octanol–water partition coefficient (Wildman–Crippen LogP) is 2.84. The molecule has 1 aliphatic rings. The number of imide groups is 1. The van der Waals surface area contributed by atoms with Gasteiger partial charge in [0.2, 0.25) is 5.91 Å². The fraction of sp³-hybridized carbons (Fsp3) is 0.240. The summed E-state index contributed by atoms with van der Waals surface area (Å²) in [7, 11) is 5.04. The molecule has 186 valence electrons. The van der Waals surface area contributed by atoms with E-state index in [1.54, 1.807) is 12.1 Å². The van der Waals surface area contributed by atoms with Gasteiger partial charge in [0.1, 0.15) is 12.1 Å². The lowest BCUT2D eigenvalue weighted by Crippen LogP contribution is -2.49. The van der Waals surface area contributed by atoms with Crippen molar-refractivity contribution in [2.45, 2.75) is 18.5 Å². The number of esters is 1. The quantitative estimate of drug-likeness (QED) is 0.355. The summed E-state index contributed by atoms with van der Waals surface area (Å²) in [6.07, 6.45) is 0.105. The summed E-state index contributed by atoms with van der Waals surface area (Å²) in [5.74, 6) is -1.76. The summed E-state index contributed by atoms with van der Waals surface area (Å²) in [4.78, 5) is 58.5. The number of carbonyl (C=O) groups excluding carboxylic acids is 4. The highest BCUT2D eigenvalue weighted by Crippen LogP contribution is 2.27. The van der Waals surface area contributed by atoms with E-state index < -0.39 is 35.9 Å². The highest BCUT2D eigenvalue weighted by Gasteiger charge is 2.45. The molecule has 1 unspecified atom stereocenters. The van der Waals surface area contributed by atoms with E-state index in [2.05, 4.69) is 20.4 Å². The lowest BCUT2D eigenvalue weighted by molar-refractivity contribution is -0.134. The molecule has 2 atom stereocenters. The lowest BCUT2D eigenvalue weighted by Gasteiger charge is -2.24. The van der Waals surface area contributed by atoms with Gasteiger partial charge in [0, 0.05) is 31.6 Å². The van der Waals surface area contributed by atoms with Crippen molar-refractivity contribution in [2.24, 2.45) is 0 Å². The molecular formula is C25H25N5O5S. The van der Waals surface area contributed by atoms with Gasteiger partial charge in [-0.3, -0.25) is 9.59 Å². The number of nitrogens with zero attached hydrogens (tertiary/aromatic N) is 3. The van der Waals surface area contributed by atoms with Crippen molar-refractivity contribution in [1.82, 2.24) is 15.2 Å². The molecule has 0 spiro atoms. The van der Waals surface area contributed by atoms with Crippen LogP contribution >= 0.6 is 11.3 Å². The van der Waals surface area contributed by atoms with Crippen LogP contribution in [0.1, 0.15) is 27.7 Å². The molecule has 3 aromatic rings. The van der Waals surface area contributed by atoms with Crippen molar-refractivity contribution >= 4 is 46.0 Å². The molecule has 1 aromatic heterocycles. The molecular weight excluding hydrogens is 482 g/mol. The van der Waals surface area contributed by atoms with E-state index in [9.17, 15) is 19.2 Å². The zero-order valence-electron chi connectivity index (χ0n) is 19.9. The summed E-state index contributed by atoms with van der Waals surface area (Å²) in [6, 6.07) is 13.6. The number of hydrogen-bond donors (Lipinski definition) is 2. The van der Waals surface area contributed by atoms with Crippen molar-refractivity contribution in [3.05, 3.63) is 76.8 Å². The number of anilines is 2. The first-order chi connectivity index (χ1) is 17.3. The third-order valence-electron chi connectivity index (χ3n) is 5.73. The van der Waals surface area contributed by atoms with Crippen LogP contribution in [-0.2, 0) is 20.7 Å². The Hall–Kier alpha value is -4.25. The largest absolute Gasteiger partial charge is 0.464 e. The molecule has 0 saturated carbocycles. The molecule has 1 fully saturated rings. The van der Waals surface area contributed by atoms with Crippen LogP contribution in [0.15, 0.2) is 60.0 Å². The first-order valence-electron chi connectivity index (χ1n) is 11.1. The normalized spacial score (nSPS) is 15.9. The van der Waals surface area contributed by atoms with Gasteiger partial charge < -0.3 is 20.3 Å². The number of urea groups is 1. The number of methoxy groups -OCH3 is 1. The Labute approximate surface area is 211 Å². The molecule has 2 heterocycles. The first kappa shape index (κ1) is 24.9. The average Bonchev–Trinajstić information content (AvgIpc) is 3.46. The van der Waals surface area contributed by atoms with Gasteiger partial charge in [-0.1, -0.05) is 42.5 Å². The number of aromatic nitrogens is 1. The molecule has 36 heavy (non-hydrogen) atoms. The molecule has 2 aromatic carbocycles. The third kappa shape index (κ3) is 5.20. The highest BCUT2D eigenvalue weighted by atomic mass is 32.1.